The van der Waals surface area contributed by atoms with Crippen molar-refractivity contribution in [2.45, 2.75) is 13.3 Å². The number of ether oxygens (including phenoxy) is 1. The van der Waals surface area contributed by atoms with E-state index in [0.717, 1.165) is 23.4 Å². The highest BCUT2D eigenvalue weighted by Gasteiger charge is 2.05. The summed E-state index contributed by atoms with van der Waals surface area (Å²) in [5.74, 6) is 0.783. The molecule has 0 saturated heterocycles. The van der Waals surface area contributed by atoms with Gasteiger partial charge in [0.05, 0.1) is 12.3 Å². The lowest BCUT2D eigenvalue weighted by molar-refractivity contribution is 0.317. The van der Waals surface area contributed by atoms with Crippen molar-refractivity contribution >= 4 is 23.2 Å². The number of pyridine rings is 2. The minimum Gasteiger partial charge on any atom is -0.493 e. The van der Waals surface area contributed by atoms with E-state index in [0.29, 0.717) is 16.9 Å². The smallest absolute Gasteiger partial charge is 0.131 e. The zero-order chi connectivity index (χ0) is 13.0. The summed E-state index contributed by atoms with van der Waals surface area (Å²) in [4.78, 5) is 8.18. The molecular formula is C13H12Cl2N2O. The Kier molecular flexibility index (Phi) is 4.39. The van der Waals surface area contributed by atoms with Crippen LogP contribution < -0.4 is 4.74 Å². The Morgan fingerprint density at radius 3 is 2.56 bits per heavy atom. The van der Waals surface area contributed by atoms with Gasteiger partial charge in [0, 0.05) is 17.8 Å². The predicted molar refractivity (Wildman–Crippen MR) is 73.3 cm³/mol. The first-order chi connectivity index (χ1) is 8.69. The largest absolute Gasteiger partial charge is 0.493 e. The monoisotopic (exact) mass is 282 g/mol. The molecule has 2 heterocycles. The minimum atomic E-state index is 0.346. The van der Waals surface area contributed by atoms with Crippen LogP contribution in [0.3, 0.4) is 0 Å². The number of rotatable bonds is 4. The molecule has 18 heavy (non-hydrogen) atoms. The van der Waals surface area contributed by atoms with Crippen molar-refractivity contribution in [3.05, 3.63) is 40.8 Å². The van der Waals surface area contributed by atoms with Gasteiger partial charge in [-0.3, -0.25) is 4.98 Å². The number of hydrogen-bond donors (Lipinski definition) is 0. The molecule has 0 saturated carbocycles. The van der Waals surface area contributed by atoms with E-state index in [1.807, 2.05) is 12.1 Å². The standard InChI is InChI=1S/C13H12Cl2N2O/c1-2-5-18-10-3-4-16-11(8-10)9-6-12(14)17-13(15)7-9/h3-4,6-8H,2,5H2,1H3. The summed E-state index contributed by atoms with van der Waals surface area (Å²) in [6.07, 6.45) is 2.66. The van der Waals surface area contributed by atoms with Gasteiger partial charge in [-0.2, -0.15) is 0 Å². The Morgan fingerprint density at radius 1 is 1.17 bits per heavy atom. The summed E-state index contributed by atoms with van der Waals surface area (Å²) in [5, 5.41) is 0.693. The van der Waals surface area contributed by atoms with E-state index < -0.39 is 0 Å². The first-order valence-electron chi connectivity index (χ1n) is 5.61. The van der Waals surface area contributed by atoms with Crippen LogP contribution in [0.5, 0.6) is 5.75 Å². The summed E-state index contributed by atoms with van der Waals surface area (Å²) in [6.45, 7) is 2.74. The van der Waals surface area contributed by atoms with E-state index in [-0.39, 0.29) is 0 Å². The fraction of sp³-hybridized carbons (Fsp3) is 0.231. The average Bonchev–Trinajstić information content (AvgIpc) is 2.35. The van der Waals surface area contributed by atoms with Crippen LogP contribution in [0.15, 0.2) is 30.5 Å². The van der Waals surface area contributed by atoms with Crippen LogP contribution in [0, 0.1) is 0 Å². The maximum Gasteiger partial charge on any atom is 0.131 e. The Balaban J connectivity index is 2.32. The zero-order valence-electron chi connectivity index (χ0n) is 9.86. The molecule has 0 bridgehead atoms. The van der Waals surface area contributed by atoms with E-state index in [2.05, 4.69) is 16.9 Å². The third kappa shape index (κ3) is 3.34. The lowest BCUT2D eigenvalue weighted by Gasteiger charge is -2.07. The molecule has 0 atom stereocenters. The van der Waals surface area contributed by atoms with Crippen molar-refractivity contribution < 1.29 is 4.74 Å². The maximum atomic E-state index is 5.87. The van der Waals surface area contributed by atoms with Gasteiger partial charge in [0.2, 0.25) is 0 Å². The Labute approximate surface area is 116 Å². The maximum absolute atomic E-state index is 5.87. The van der Waals surface area contributed by atoms with Crippen molar-refractivity contribution in [1.29, 1.82) is 0 Å². The fourth-order valence-electron chi connectivity index (χ4n) is 1.49. The molecule has 3 nitrogen and oxygen atoms in total. The number of halogens is 2. The van der Waals surface area contributed by atoms with Gasteiger partial charge in [-0.15, -0.1) is 0 Å². The van der Waals surface area contributed by atoms with Crippen LogP contribution in [0.25, 0.3) is 11.3 Å². The molecular weight excluding hydrogens is 271 g/mol. The SMILES string of the molecule is CCCOc1ccnc(-c2cc(Cl)nc(Cl)c2)c1. The molecule has 0 spiro atoms. The molecule has 2 aromatic rings. The van der Waals surface area contributed by atoms with Crippen LogP contribution in [0.2, 0.25) is 10.3 Å². The first-order valence-corrected chi connectivity index (χ1v) is 6.37. The van der Waals surface area contributed by atoms with Crippen molar-refractivity contribution in [2.75, 3.05) is 6.61 Å². The molecule has 2 rings (SSSR count). The number of nitrogens with zero attached hydrogens (tertiary/aromatic N) is 2. The molecule has 0 fully saturated rings. The molecule has 0 radical (unpaired) electrons. The van der Waals surface area contributed by atoms with Crippen molar-refractivity contribution in [3.8, 4) is 17.0 Å². The van der Waals surface area contributed by atoms with Gasteiger partial charge in [0.25, 0.3) is 0 Å². The van der Waals surface area contributed by atoms with Gasteiger partial charge in [0.15, 0.2) is 0 Å². The normalized spacial score (nSPS) is 10.4. The van der Waals surface area contributed by atoms with E-state index in [1.54, 1.807) is 18.3 Å². The zero-order valence-corrected chi connectivity index (χ0v) is 11.4. The summed E-state index contributed by atoms with van der Waals surface area (Å²) in [5.41, 5.74) is 1.58. The van der Waals surface area contributed by atoms with Gasteiger partial charge in [-0.05, 0) is 24.6 Å². The molecule has 0 unspecified atom stereocenters. The minimum absolute atomic E-state index is 0.346. The fourth-order valence-corrected chi connectivity index (χ4v) is 1.95. The van der Waals surface area contributed by atoms with Gasteiger partial charge < -0.3 is 4.74 Å². The van der Waals surface area contributed by atoms with Crippen molar-refractivity contribution in [2.24, 2.45) is 0 Å². The van der Waals surface area contributed by atoms with E-state index in [4.69, 9.17) is 27.9 Å². The summed E-state index contributed by atoms with van der Waals surface area (Å²) < 4.78 is 5.56. The molecule has 2 aromatic heterocycles. The number of aromatic nitrogens is 2. The average molecular weight is 283 g/mol. The van der Waals surface area contributed by atoms with E-state index >= 15 is 0 Å². The predicted octanol–water partition coefficient (Wildman–Crippen LogP) is 4.24. The number of hydrogen-bond acceptors (Lipinski definition) is 3. The topological polar surface area (TPSA) is 35.0 Å². The quantitative estimate of drug-likeness (QED) is 0.787. The van der Waals surface area contributed by atoms with Gasteiger partial charge in [-0.1, -0.05) is 30.1 Å². The third-order valence-electron chi connectivity index (χ3n) is 2.26. The van der Waals surface area contributed by atoms with Gasteiger partial charge in [0.1, 0.15) is 16.1 Å². The molecule has 0 aliphatic carbocycles. The second-order valence-corrected chi connectivity index (χ2v) is 4.50. The second kappa shape index (κ2) is 6.03. The van der Waals surface area contributed by atoms with Crippen molar-refractivity contribution in [3.63, 3.8) is 0 Å². The molecule has 5 heteroatoms. The van der Waals surface area contributed by atoms with E-state index in [1.165, 1.54) is 0 Å². The molecule has 0 aliphatic rings. The molecule has 0 amide bonds. The van der Waals surface area contributed by atoms with Crippen LogP contribution >= 0.6 is 23.2 Å². The molecule has 0 N–H and O–H groups in total. The molecule has 0 aromatic carbocycles. The van der Waals surface area contributed by atoms with Crippen LogP contribution in [-0.2, 0) is 0 Å². The molecule has 0 aliphatic heterocycles. The Bertz CT molecular complexity index is 526. The lowest BCUT2D eigenvalue weighted by Crippen LogP contribution is -1.95. The lowest BCUT2D eigenvalue weighted by atomic mass is 10.2. The van der Waals surface area contributed by atoms with Crippen molar-refractivity contribution in [1.82, 2.24) is 9.97 Å². The van der Waals surface area contributed by atoms with Crippen LogP contribution in [0.1, 0.15) is 13.3 Å². The Morgan fingerprint density at radius 2 is 1.89 bits per heavy atom. The highest BCUT2D eigenvalue weighted by molar-refractivity contribution is 6.32. The van der Waals surface area contributed by atoms with Crippen LogP contribution in [-0.4, -0.2) is 16.6 Å². The Hall–Kier alpha value is -1.32. The molecule has 94 valence electrons. The van der Waals surface area contributed by atoms with Gasteiger partial charge >= 0.3 is 0 Å². The van der Waals surface area contributed by atoms with E-state index in [9.17, 15) is 0 Å². The first kappa shape index (κ1) is 13.1. The van der Waals surface area contributed by atoms with Crippen LogP contribution in [0.4, 0.5) is 0 Å². The highest BCUT2D eigenvalue weighted by Crippen LogP contribution is 2.25. The highest BCUT2D eigenvalue weighted by atomic mass is 35.5. The van der Waals surface area contributed by atoms with Gasteiger partial charge in [-0.25, -0.2) is 4.98 Å². The summed E-state index contributed by atoms with van der Waals surface area (Å²) in [7, 11) is 0. The second-order valence-electron chi connectivity index (χ2n) is 3.73. The third-order valence-corrected chi connectivity index (χ3v) is 2.65. The summed E-state index contributed by atoms with van der Waals surface area (Å²) >= 11 is 11.7. The summed E-state index contributed by atoms with van der Waals surface area (Å²) in [6, 6.07) is 7.12.